The molecule has 1 aliphatic rings. The lowest BCUT2D eigenvalue weighted by Crippen LogP contribution is -2.40. The fourth-order valence-corrected chi connectivity index (χ4v) is 1.93. The minimum Gasteiger partial charge on any atom is -0.388 e. The number of nitrogens with zero attached hydrogens (tertiary/aromatic N) is 1. The van der Waals surface area contributed by atoms with Crippen LogP contribution in [0.4, 0.5) is 0 Å². The SMILES string of the molecule is O=C(NCC1(O)CCCC1)c1cnc[nH]1. The molecule has 0 spiro atoms. The maximum Gasteiger partial charge on any atom is 0.269 e. The van der Waals surface area contributed by atoms with Gasteiger partial charge in [-0.3, -0.25) is 4.79 Å². The summed E-state index contributed by atoms with van der Waals surface area (Å²) < 4.78 is 0. The van der Waals surface area contributed by atoms with Gasteiger partial charge in [0.05, 0.1) is 18.1 Å². The van der Waals surface area contributed by atoms with Crippen LogP contribution in [0.15, 0.2) is 12.5 Å². The van der Waals surface area contributed by atoms with E-state index in [0.29, 0.717) is 12.2 Å². The van der Waals surface area contributed by atoms with Crippen LogP contribution in [0.5, 0.6) is 0 Å². The van der Waals surface area contributed by atoms with Crippen LogP contribution in [0, 0.1) is 0 Å². The van der Waals surface area contributed by atoms with Crippen molar-refractivity contribution in [3.63, 3.8) is 0 Å². The van der Waals surface area contributed by atoms with Gasteiger partial charge >= 0.3 is 0 Å². The number of H-pyrrole nitrogens is 1. The lowest BCUT2D eigenvalue weighted by Gasteiger charge is -2.21. The number of nitrogens with one attached hydrogen (secondary N) is 2. The molecule has 1 aromatic rings. The van der Waals surface area contributed by atoms with E-state index in [1.54, 1.807) is 0 Å². The summed E-state index contributed by atoms with van der Waals surface area (Å²) in [6.07, 6.45) is 6.55. The second-order valence-corrected chi connectivity index (χ2v) is 4.08. The Labute approximate surface area is 87.9 Å². The number of amides is 1. The third kappa shape index (κ3) is 2.36. The number of imidazole rings is 1. The molecule has 5 heteroatoms. The van der Waals surface area contributed by atoms with E-state index < -0.39 is 5.60 Å². The summed E-state index contributed by atoms with van der Waals surface area (Å²) in [4.78, 5) is 18.0. The Hall–Kier alpha value is -1.36. The molecule has 5 nitrogen and oxygen atoms in total. The van der Waals surface area contributed by atoms with E-state index in [1.807, 2.05) is 0 Å². The van der Waals surface area contributed by atoms with Gasteiger partial charge in [0.2, 0.25) is 0 Å². The standard InChI is InChI=1S/C10H15N3O2/c14-9(8-5-11-7-13-8)12-6-10(15)3-1-2-4-10/h5,7,15H,1-4,6H2,(H,11,13)(H,12,14). The maximum absolute atomic E-state index is 11.5. The molecule has 3 N–H and O–H groups in total. The first-order chi connectivity index (χ1) is 7.20. The molecule has 0 atom stereocenters. The number of carbonyl (C=O) groups is 1. The van der Waals surface area contributed by atoms with Gasteiger partial charge in [0.25, 0.3) is 5.91 Å². The normalized spacial score (nSPS) is 19.0. The highest BCUT2D eigenvalue weighted by Crippen LogP contribution is 2.28. The van der Waals surface area contributed by atoms with Gasteiger partial charge in [-0.25, -0.2) is 4.98 Å². The van der Waals surface area contributed by atoms with E-state index in [1.165, 1.54) is 12.5 Å². The van der Waals surface area contributed by atoms with E-state index in [0.717, 1.165) is 25.7 Å². The summed E-state index contributed by atoms with van der Waals surface area (Å²) in [5.74, 6) is -0.215. The molecule has 1 saturated carbocycles. The first-order valence-corrected chi connectivity index (χ1v) is 5.19. The average molecular weight is 209 g/mol. The van der Waals surface area contributed by atoms with Crippen LogP contribution in [-0.4, -0.2) is 33.1 Å². The van der Waals surface area contributed by atoms with E-state index >= 15 is 0 Å². The molecule has 1 aliphatic carbocycles. The number of aliphatic hydroxyl groups is 1. The number of hydrogen-bond donors (Lipinski definition) is 3. The van der Waals surface area contributed by atoms with Gasteiger partial charge in [0.1, 0.15) is 5.69 Å². The van der Waals surface area contributed by atoms with Crippen LogP contribution in [0.1, 0.15) is 36.2 Å². The highest BCUT2D eigenvalue weighted by molar-refractivity contribution is 5.91. The van der Waals surface area contributed by atoms with Crippen LogP contribution >= 0.6 is 0 Å². The van der Waals surface area contributed by atoms with Gasteiger partial charge < -0.3 is 15.4 Å². The van der Waals surface area contributed by atoms with Crippen molar-refractivity contribution in [1.29, 1.82) is 0 Å². The molecule has 15 heavy (non-hydrogen) atoms. The number of aromatic nitrogens is 2. The first kappa shape index (κ1) is 10.2. The van der Waals surface area contributed by atoms with Crippen LogP contribution in [0.2, 0.25) is 0 Å². The third-order valence-electron chi connectivity index (χ3n) is 2.86. The molecule has 0 radical (unpaired) electrons. The first-order valence-electron chi connectivity index (χ1n) is 5.19. The molecular weight excluding hydrogens is 194 g/mol. The average Bonchev–Trinajstić information content (AvgIpc) is 2.85. The Bertz CT molecular complexity index is 328. The highest BCUT2D eigenvalue weighted by atomic mass is 16.3. The van der Waals surface area contributed by atoms with Gasteiger partial charge in [-0.1, -0.05) is 12.8 Å². The summed E-state index contributed by atoms with van der Waals surface area (Å²) in [6.45, 7) is 0.324. The monoisotopic (exact) mass is 209 g/mol. The Balaban J connectivity index is 1.85. The second kappa shape index (κ2) is 4.02. The van der Waals surface area contributed by atoms with Gasteiger partial charge in [-0.15, -0.1) is 0 Å². The van der Waals surface area contributed by atoms with Crippen molar-refractivity contribution in [3.8, 4) is 0 Å². The van der Waals surface area contributed by atoms with E-state index in [4.69, 9.17) is 0 Å². The zero-order valence-corrected chi connectivity index (χ0v) is 8.49. The zero-order chi connectivity index (χ0) is 10.7. The molecule has 0 bridgehead atoms. The lowest BCUT2D eigenvalue weighted by molar-refractivity contribution is 0.0448. The van der Waals surface area contributed by atoms with Crippen molar-refractivity contribution < 1.29 is 9.90 Å². The minimum atomic E-state index is -0.699. The van der Waals surface area contributed by atoms with Crippen LogP contribution in [0.25, 0.3) is 0 Å². The van der Waals surface area contributed by atoms with Crippen molar-refractivity contribution in [2.24, 2.45) is 0 Å². The topological polar surface area (TPSA) is 78.0 Å². The van der Waals surface area contributed by atoms with E-state index in [-0.39, 0.29) is 5.91 Å². The Kier molecular flexibility index (Phi) is 2.73. The molecule has 82 valence electrons. The quantitative estimate of drug-likeness (QED) is 0.676. The van der Waals surface area contributed by atoms with Crippen molar-refractivity contribution in [3.05, 3.63) is 18.2 Å². The molecule has 1 amide bonds. The van der Waals surface area contributed by atoms with Gasteiger partial charge in [-0.2, -0.15) is 0 Å². The van der Waals surface area contributed by atoms with E-state index in [9.17, 15) is 9.90 Å². The Morgan fingerprint density at radius 2 is 2.33 bits per heavy atom. The summed E-state index contributed by atoms with van der Waals surface area (Å²) in [5.41, 5.74) is -0.271. The predicted octanol–water partition coefficient (Wildman–Crippen LogP) is 0.445. The van der Waals surface area contributed by atoms with Crippen molar-refractivity contribution in [2.45, 2.75) is 31.3 Å². The highest BCUT2D eigenvalue weighted by Gasteiger charge is 2.31. The largest absolute Gasteiger partial charge is 0.388 e. The predicted molar refractivity (Wildman–Crippen MR) is 54.3 cm³/mol. The molecule has 0 saturated heterocycles. The second-order valence-electron chi connectivity index (χ2n) is 4.08. The van der Waals surface area contributed by atoms with Gasteiger partial charge in [-0.05, 0) is 12.8 Å². The van der Waals surface area contributed by atoms with Crippen LogP contribution in [0.3, 0.4) is 0 Å². The fourth-order valence-electron chi connectivity index (χ4n) is 1.93. The van der Waals surface area contributed by atoms with Crippen molar-refractivity contribution >= 4 is 5.91 Å². The van der Waals surface area contributed by atoms with Crippen LogP contribution in [-0.2, 0) is 0 Å². The van der Waals surface area contributed by atoms with Crippen molar-refractivity contribution in [2.75, 3.05) is 6.54 Å². The molecule has 0 aliphatic heterocycles. The molecular formula is C10H15N3O2. The van der Waals surface area contributed by atoms with Gasteiger partial charge in [0, 0.05) is 6.54 Å². The molecule has 2 rings (SSSR count). The zero-order valence-electron chi connectivity index (χ0n) is 8.49. The summed E-state index contributed by atoms with van der Waals surface area (Å²) in [5, 5.41) is 12.7. The Morgan fingerprint density at radius 3 is 2.93 bits per heavy atom. The van der Waals surface area contributed by atoms with Gasteiger partial charge in [0.15, 0.2) is 0 Å². The maximum atomic E-state index is 11.5. The lowest BCUT2D eigenvalue weighted by atomic mass is 10.0. The number of rotatable bonds is 3. The van der Waals surface area contributed by atoms with E-state index in [2.05, 4.69) is 15.3 Å². The van der Waals surface area contributed by atoms with Crippen molar-refractivity contribution in [1.82, 2.24) is 15.3 Å². The summed E-state index contributed by atoms with van der Waals surface area (Å²) >= 11 is 0. The molecule has 1 heterocycles. The summed E-state index contributed by atoms with van der Waals surface area (Å²) in [7, 11) is 0. The Morgan fingerprint density at radius 1 is 1.60 bits per heavy atom. The molecule has 0 unspecified atom stereocenters. The number of aromatic amines is 1. The summed E-state index contributed by atoms with van der Waals surface area (Å²) in [6, 6.07) is 0. The smallest absolute Gasteiger partial charge is 0.269 e. The molecule has 1 fully saturated rings. The third-order valence-corrected chi connectivity index (χ3v) is 2.86. The number of carbonyl (C=O) groups excluding carboxylic acids is 1. The molecule has 1 aromatic heterocycles. The van der Waals surface area contributed by atoms with Crippen LogP contribution < -0.4 is 5.32 Å². The number of hydrogen-bond acceptors (Lipinski definition) is 3. The minimum absolute atomic E-state index is 0.215. The molecule has 0 aromatic carbocycles. The fraction of sp³-hybridized carbons (Fsp3) is 0.600.